The fourth-order valence-corrected chi connectivity index (χ4v) is 5.89. The molecule has 0 saturated carbocycles. The maximum atomic E-state index is 14.2. The highest BCUT2D eigenvalue weighted by Crippen LogP contribution is 2.37. The minimum Gasteiger partial charge on any atom is -0.444 e. The molecule has 1 fully saturated rings. The molecule has 2 heterocycles. The van der Waals surface area contributed by atoms with Crippen LogP contribution in [0.1, 0.15) is 64.7 Å². The van der Waals surface area contributed by atoms with Gasteiger partial charge in [0.2, 0.25) is 5.91 Å². The number of aliphatic imine (C=N–C) groups is 1. The van der Waals surface area contributed by atoms with Gasteiger partial charge in [0.15, 0.2) is 0 Å². The van der Waals surface area contributed by atoms with Crippen molar-refractivity contribution in [3.8, 4) is 0 Å². The van der Waals surface area contributed by atoms with Crippen LogP contribution < -0.4 is 16.0 Å². The summed E-state index contributed by atoms with van der Waals surface area (Å²) in [4.78, 5) is 46.9. The van der Waals surface area contributed by atoms with Crippen molar-refractivity contribution in [3.05, 3.63) is 77.4 Å². The van der Waals surface area contributed by atoms with Gasteiger partial charge in [0.05, 0.1) is 6.04 Å². The second-order valence-corrected chi connectivity index (χ2v) is 13.7. The van der Waals surface area contributed by atoms with Crippen molar-refractivity contribution in [1.29, 1.82) is 0 Å². The lowest BCUT2D eigenvalue weighted by Gasteiger charge is -2.31. The summed E-state index contributed by atoms with van der Waals surface area (Å²) >= 11 is 0. The number of amides is 3. The highest BCUT2D eigenvalue weighted by Gasteiger charge is 2.40. The Hall–Kier alpha value is -4.60. The lowest BCUT2D eigenvalue weighted by molar-refractivity contribution is -0.131. The lowest BCUT2D eigenvalue weighted by Crippen LogP contribution is -2.48. The molecule has 0 bridgehead atoms. The van der Waals surface area contributed by atoms with Crippen molar-refractivity contribution in [2.24, 2.45) is 10.7 Å². The molecule has 45 heavy (non-hydrogen) atoms. The van der Waals surface area contributed by atoms with Gasteiger partial charge in [-0.3, -0.25) is 4.79 Å². The van der Waals surface area contributed by atoms with E-state index in [0.29, 0.717) is 38.0 Å². The Labute approximate surface area is 264 Å². The van der Waals surface area contributed by atoms with Crippen LogP contribution in [0.3, 0.4) is 0 Å². The van der Waals surface area contributed by atoms with Crippen molar-refractivity contribution in [1.82, 2.24) is 10.2 Å². The number of amidine groups is 1. The first kappa shape index (κ1) is 31.8. The molecule has 0 aliphatic carbocycles. The van der Waals surface area contributed by atoms with E-state index in [1.165, 1.54) is 0 Å². The third kappa shape index (κ3) is 7.74. The van der Waals surface area contributed by atoms with E-state index < -0.39 is 29.4 Å². The summed E-state index contributed by atoms with van der Waals surface area (Å²) in [6.07, 6.45) is -0.0748. The number of rotatable bonds is 5. The van der Waals surface area contributed by atoms with Gasteiger partial charge in [-0.1, -0.05) is 54.6 Å². The third-order valence-electron chi connectivity index (χ3n) is 7.81. The molecule has 3 aromatic rings. The van der Waals surface area contributed by atoms with Crippen LogP contribution in [0.5, 0.6) is 0 Å². The SMILES string of the molecule is CC(C)(C)OC(=O)/N=C(\N)c1ccc2c(c1)N(Cc1cccc3ccccc13)C(C(=O)N1CC[C@@H](NC(=O)OC(C)(C)C)C1)C2. The molecule has 3 aromatic carbocycles. The molecule has 3 N–H and O–H groups in total. The number of likely N-dealkylation sites (tertiary alicyclic amines) is 1. The van der Waals surface area contributed by atoms with Crippen molar-refractivity contribution < 1.29 is 23.9 Å². The number of anilines is 1. The standard InChI is InChI=1S/C35H43N5O5/c1-34(2,3)44-32(42)37-26-16-17-39(21-26)31(41)29-18-23-14-15-24(30(36)38-33(43)45-35(4,5)6)19-28(23)40(29)20-25-12-9-11-22-10-7-8-13-27(22)25/h7-15,19,26,29H,16-18,20-21H2,1-6H3,(H,37,42)(H2,36,38,43)/t26-,29?/m1/s1. The molecule has 2 aliphatic rings. The Morgan fingerprint density at radius 2 is 1.67 bits per heavy atom. The van der Waals surface area contributed by atoms with E-state index in [1.807, 2.05) is 62.1 Å². The molecule has 2 aliphatic heterocycles. The van der Waals surface area contributed by atoms with E-state index in [4.69, 9.17) is 15.2 Å². The van der Waals surface area contributed by atoms with Gasteiger partial charge in [0.1, 0.15) is 23.1 Å². The Bertz CT molecular complexity index is 1630. The van der Waals surface area contributed by atoms with Crippen LogP contribution in [0.15, 0.2) is 65.7 Å². The van der Waals surface area contributed by atoms with Crippen molar-refractivity contribution in [3.63, 3.8) is 0 Å². The zero-order valence-corrected chi connectivity index (χ0v) is 26.9. The van der Waals surface area contributed by atoms with Gasteiger partial charge in [0, 0.05) is 37.3 Å². The summed E-state index contributed by atoms with van der Waals surface area (Å²) in [5.74, 6) is 0.0411. The number of hydrogen-bond donors (Lipinski definition) is 2. The molecule has 3 amide bonds. The second kappa shape index (κ2) is 12.4. The highest BCUT2D eigenvalue weighted by molar-refractivity contribution is 6.04. The monoisotopic (exact) mass is 613 g/mol. The van der Waals surface area contributed by atoms with Crippen molar-refractivity contribution >= 4 is 40.4 Å². The molecule has 0 aromatic heterocycles. The number of carbonyl (C=O) groups is 3. The Balaban J connectivity index is 1.42. The van der Waals surface area contributed by atoms with Crippen LogP contribution in [0, 0.1) is 0 Å². The first-order valence-electron chi connectivity index (χ1n) is 15.4. The van der Waals surface area contributed by atoms with E-state index in [-0.39, 0.29) is 17.8 Å². The maximum absolute atomic E-state index is 14.2. The second-order valence-electron chi connectivity index (χ2n) is 13.7. The van der Waals surface area contributed by atoms with Gasteiger partial charge >= 0.3 is 12.2 Å². The number of fused-ring (bicyclic) bond motifs is 2. The summed E-state index contributed by atoms with van der Waals surface area (Å²) < 4.78 is 10.7. The van der Waals surface area contributed by atoms with E-state index in [1.54, 1.807) is 20.8 Å². The minimum absolute atomic E-state index is 0.00290. The summed E-state index contributed by atoms with van der Waals surface area (Å²) in [7, 11) is 0. The Morgan fingerprint density at radius 3 is 2.40 bits per heavy atom. The number of nitrogens with zero attached hydrogens (tertiary/aromatic N) is 3. The third-order valence-corrected chi connectivity index (χ3v) is 7.81. The number of nitrogens with one attached hydrogen (secondary N) is 1. The molecule has 1 unspecified atom stereocenters. The zero-order valence-electron chi connectivity index (χ0n) is 26.9. The van der Waals surface area contributed by atoms with Crippen LogP contribution in [0.25, 0.3) is 10.8 Å². The topological polar surface area (TPSA) is 127 Å². The van der Waals surface area contributed by atoms with Crippen molar-refractivity contribution in [2.45, 2.75) is 84.2 Å². The van der Waals surface area contributed by atoms with Gasteiger partial charge < -0.3 is 30.3 Å². The first-order valence-corrected chi connectivity index (χ1v) is 15.4. The summed E-state index contributed by atoms with van der Waals surface area (Å²) in [6, 6.07) is 19.4. The van der Waals surface area contributed by atoms with Crippen LogP contribution >= 0.6 is 0 Å². The number of hydrogen-bond acceptors (Lipinski definition) is 6. The fourth-order valence-electron chi connectivity index (χ4n) is 5.89. The minimum atomic E-state index is -0.759. The quantitative estimate of drug-likeness (QED) is 0.286. The summed E-state index contributed by atoms with van der Waals surface area (Å²) in [6.45, 7) is 12.2. The first-order chi connectivity index (χ1) is 21.2. The molecule has 5 rings (SSSR count). The summed E-state index contributed by atoms with van der Waals surface area (Å²) in [5.41, 5.74) is 8.51. The highest BCUT2D eigenvalue weighted by atomic mass is 16.6. The molecule has 2 atom stereocenters. The molecular weight excluding hydrogens is 570 g/mol. The number of alkyl carbamates (subject to hydrolysis) is 1. The van der Waals surface area contributed by atoms with Gasteiger partial charge in [-0.05, 0) is 75.9 Å². The molecule has 10 heteroatoms. The predicted molar refractivity (Wildman–Crippen MR) is 175 cm³/mol. The molecular formula is C35H43N5O5. The van der Waals surface area contributed by atoms with Gasteiger partial charge in [-0.15, -0.1) is 0 Å². The van der Waals surface area contributed by atoms with Crippen LogP contribution in [-0.4, -0.2) is 65.2 Å². The Kier molecular flexibility index (Phi) is 8.78. The largest absolute Gasteiger partial charge is 0.444 e. The average molecular weight is 614 g/mol. The van der Waals surface area contributed by atoms with E-state index in [9.17, 15) is 14.4 Å². The number of ether oxygens (including phenoxy) is 2. The molecule has 0 radical (unpaired) electrons. The van der Waals surface area contributed by atoms with Crippen LogP contribution in [0.2, 0.25) is 0 Å². The number of nitrogens with two attached hydrogens (primary N) is 1. The molecule has 1 saturated heterocycles. The number of carbonyl (C=O) groups excluding carboxylic acids is 3. The molecule has 238 valence electrons. The van der Waals surface area contributed by atoms with Crippen LogP contribution in [0.4, 0.5) is 15.3 Å². The van der Waals surface area contributed by atoms with Gasteiger partial charge in [-0.25, -0.2) is 9.59 Å². The molecule has 0 spiro atoms. The van der Waals surface area contributed by atoms with Crippen molar-refractivity contribution in [2.75, 3.05) is 18.0 Å². The van der Waals surface area contributed by atoms with E-state index >= 15 is 0 Å². The number of benzene rings is 3. The van der Waals surface area contributed by atoms with E-state index in [2.05, 4.69) is 39.5 Å². The fraction of sp³-hybridized carbons (Fsp3) is 0.429. The maximum Gasteiger partial charge on any atom is 0.436 e. The Morgan fingerprint density at radius 1 is 0.956 bits per heavy atom. The predicted octanol–water partition coefficient (Wildman–Crippen LogP) is 5.54. The molecule has 10 nitrogen and oxygen atoms in total. The normalized spacial score (nSPS) is 18.6. The average Bonchev–Trinajstić information content (AvgIpc) is 3.55. The van der Waals surface area contributed by atoms with Crippen LogP contribution in [-0.2, 0) is 27.2 Å². The van der Waals surface area contributed by atoms with Gasteiger partial charge in [-0.2, -0.15) is 4.99 Å². The lowest BCUT2D eigenvalue weighted by atomic mass is 10.0. The summed E-state index contributed by atoms with van der Waals surface area (Å²) in [5, 5.41) is 5.15. The smallest absolute Gasteiger partial charge is 0.436 e. The zero-order chi connectivity index (χ0) is 32.5. The van der Waals surface area contributed by atoms with E-state index in [0.717, 1.165) is 27.6 Å². The van der Waals surface area contributed by atoms with Gasteiger partial charge in [0.25, 0.3) is 0 Å².